The molecule has 0 aliphatic heterocycles. The molecule has 1 aromatic heterocycles. The predicted octanol–water partition coefficient (Wildman–Crippen LogP) is 3.47. The molecule has 0 saturated heterocycles. The van der Waals surface area contributed by atoms with Gasteiger partial charge in [0.25, 0.3) is 0 Å². The molecule has 0 amide bonds. The average Bonchev–Trinajstić information content (AvgIpc) is 2.37. The quantitative estimate of drug-likeness (QED) is 0.809. The highest BCUT2D eigenvalue weighted by molar-refractivity contribution is 6.30. The maximum absolute atomic E-state index is 5.91. The van der Waals surface area contributed by atoms with E-state index in [0.717, 1.165) is 11.5 Å². The first-order valence-electron chi connectivity index (χ1n) is 5.47. The van der Waals surface area contributed by atoms with E-state index in [0.29, 0.717) is 17.4 Å². The summed E-state index contributed by atoms with van der Waals surface area (Å²) in [7, 11) is 0. The molecule has 4 nitrogen and oxygen atoms in total. The third-order valence-electron chi connectivity index (χ3n) is 2.19. The van der Waals surface area contributed by atoms with Gasteiger partial charge in [0, 0.05) is 23.3 Å². The van der Waals surface area contributed by atoms with E-state index in [-0.39, 0.29) is 0 Å². The second-order valence-electron chi connectivity index (χ2n) is 3.59. The summed E-state index contributed by atoms with van der Waals surface area (Å²) in [5, 5.41) is 6.94. The molecule has 2 rings (SSSR count). The first-order chi connectivity index (χ1) is 8.78. The van der Waals surface area contributed by atoms with Gasteiger partial charge < -0.3 is 10.6 Å². The summed E-state index contributed by atoms with van der Waals surface area (Å²) in [6.45, 7) is 4.30. The van der Waals surface area contributed by atoms with Crippen molar-refractivity contribution in [3.05, 3.63) is 54.3 Å². The van der Waals surface area contributed by atoms with Gasteiger partial charge in [0.2, 0.25) is 0 Å². The van der Waals surface area contributed by atoms with Crippen LogP contribution in [0.4, 0.5) is 17.3 Å². The maximum atomic E-state index is 5.91. The molecule has 0 aliphatic carbocycles. The lowest BCUT2D eigenvalue weighted by Crippen LogP contribution is -2.02. The molecular weight excluding hydrogens is 248 g/mol. The van der Waals surface area contributed by atoms with Crippen LogP contribution in [0.25, 0.3) is 0 Å². The fourth-order valence-electron chi connectivity index (χ4n) is 1.41. The first kappa shape index (κ1) is 12.4. The van der Waals surface area contributed by atoms with Gasteiger partial charge in [0.15, 0.2) is 0 Å². The van der Waals surface area contributed by atoms with Crippen LogP contribution in [0.15, 0.2) is 49.3 Å². The van der Waals surface area contributed by atoms with Crippen LogP contribution in [0.1, 0.15) is 0 Å². The first-order valence-corrected chi connectivity index (χ1v) is 5.85. The lowest BCUT2D eigenvalue weighted by molar-refractivity contribution is 1.14. The van der Waals surface area contributed by atoms with Crippen LogP contribution in [0.5, 0.6) is 0 Å². The van der Waals surface area contributed by atoms with Gasteiger partial charge in [-0.2, -0.15) is 0 Å². The third-order valence-corrected chi connectivity index (χ3v) is 2.43. The zero-order valence-electron chi connectivity index (χ0n) is 9.73. The zero-order valence-corrected chi connectivity index (χ0v) is 10.5. The smallest absolute Gasteiger partial charge is 0.135 e. The van der Waals surface area contributed by atoms with E-state index in [4.69, 9.17) is 11.6 Å². The molecule has 2 N–H and O–H groups in total. The number of nitrogens with zero attached hydrogens (tertiary/aromatic N) is 2. The van der Waals surface area contributed by atoms with Crippen molar-refractivity contribution in [3.8, 4) is 0 Å². The Hall–Kier alpha value is -2.07. The largest absolute Gasteiger partial charge is 0.366 e. The highest BCUT2D eigenvalue weighted by Crippen LogP contribution is 2.19. The minimum atomic E-state index is 0.660. The molecular formula is C13H13ClN4. The minimum absolute atomic E-state index is 0.660. The molecule has 1 aromatic carbocycles. The highest BCUT2D eigenvalue weighted by atomic mass is 35.5. The van der Waals surface area contributed by atoms with Gasteiger partial charge in [0.05, 0.1) is 0 Å². The van der Waals surface area contributed by atoms with Crippen molar-refractivity contribution in [2.24, 2.45) is 0 Å². The van der Waals surface area contributed by atoms with Crippen LogP contribution in [-0.4, -0.2) is 16.5 Å². The molecule has 2 aromatic rings. The fourth-order valence-corrected chi connectivity index (χ4v) is 1.60. The van der Waals surface area contributed by atoms with Gasteiger partial charge in [-0.25, -0.2) is 9.97 Å². The van der Waals surface area contributed by atoms with Gasteiger partial charge in [-0.1, -0.05) is 23.7 Å². The number of rotatable bonds is 5. The number of anilines is 3. The molecule has 5 heteroatoms. The Bertz CT molecular complexity index is 542. The van der Waals surface area contributed by atoms with E-state index in [1.807, 2.05) is 30.3 Å². The topological polar surface area (TPSA) is 49.8 Å². The number of hydrogen-bond acceptors (Lipinski definition) is 4. The van der Waals surface area contributed by atoms with E-state index in [2.05, 4.69) is 27.2 Å². The summed E-state index contributed by atoms with van der Waals surface area (Å²) in [6.07, 6.45) is 3.27. The number of halogens is 1. The van der Waals surface area contributed by atoms with Crippen molar-refractivity contribution in [1.29, 1.82) is 0 Å². The predicted molar refractivity (Wildman–Crippen MR) is 75.5 cm³/mol. The third kappa shape index (κ3) is 3.46. The Labute approximate surface area is 111 Å². The van der Waals surface area contributed by atoms with Crippen molar-refractivity contribution in [3.63, 3.8) is 0 Å². The Morgan fingerprint density at radius 2 is 2.06 bits per heavy atom. The highest BCUT2D eigenvalue weighted by Gasteiger charge is 1.99. The Balaban J connectivity index is 2.11. The van der Waals surface area contributed by atoms with Crippen LogP contribution in [0.2, 0.25) is 5.02 Å². The Morgan fingerprint density at radius 3 is 2.83 bits per heavy atom. The van der Waals surface area contributed by atoms with E-state index in [1.165, 1.54) is 6.33 Å². The van der Waals surface area contributed by atoms with Crippen molar-refractivity contribution in [2.45, 2.75) is 0 Å². The lowest BCUT2D eigenvalue weighted by Gasteiger charge is -2.07. The number of nitrogens with one attached hydrogen (secondary N) is 2. The van der Waals surface area contributed by atoms with Crippen molar-refractivity contribution < 1.29 is 0 Å². The summed E-state index contributed by atoms with van der Waals surface area (Å²) in [4.78, 5) is 8.24. The molecule has 0 aliphatic rings. The van der Waals surface area contributed by atoms with Gasteiger partial charge in [0.1, 0.15) is 18.0 Å². The van der Waals surface area contributed by atoms with Crippen LogP contribution in [0, 0.1) is 0 Å². The van der Waals surface area contributed by atoms with Gasteiger partial charge in [-0.15, -0.1) is 6.58 Å². The van der Waals surface area contributed by atoms with E-state index in [1.54, 1.807) is 6.08 Å². The SMILES string of the molecule is C=CCNc1cc(Nc2cccc(Cl)c2)ncn1. The molecule has 0 radical (unpaired) electrons. The Kier molecular flexibility index (Phi) is 4.15. The van der Waals surface area contributed by atoms with Crippen LogP contribution in [-0.2, 0) is 0 Å². The van der Waals surface area contributed by atoms with Gasteiger partial charge >= 0.3 is 0 Å². The molecule has 0 spiro atoms. The monoisotopic (exact) mass is 260 g/mol. The van der Waals surface area contributed by atoms with Gasteiger partial charge in [-0.05, 0) is 18.2 Å². The molecule has 92 valence electrons. The number of hydrogen-bond donors (Lipinski definition) is 2. The molecule has 0 bridgehead atoms. The lowest BCUT2D eigenvalue weighted by atomic mass is 10.3. The van der Waals surface area contributed by atoms with Crippen molar-refractivity contribution >= 4 is 28.9 Å². The average molecular weight is 261 g/mol. The molecule has 0 atom stereocenters. The normalized spacial score (nSPS) is 9.83. The summed E-state index contributed by atoms with van der Waals surface area (Å²) in [5.74, 6) is 1.45. The zero-order chi connectivity index (χ0) is 12.8. The van der Waals surface area contributed by atoms with Crippen LogP contribution < -0.4 is 10.6 Å². The molecule has 18 heavy (non-hydrogen) atoms. The molecule has 0 fully saturated rings. The molecule has 1 heterocycles. The standard InChI is InChI=1S/C13H13ClN4/c1-2-6-15-12-8-13(17-9-16-12)18-11-5-3-4-10(14)7-11/h2-5,7-9H,1,6H2,(H2,15,16,17,18). The van der Waals surface area contributed by atoms with Crippen molar-refractivity contribution in [2.75, 3.05) is 17.2 Å². The second-order valence-corrected chi connectivity index (χ2v) is 4.03. The number of aromatic nitrogens is 2. The van der Waals surface area contributed by atoms with E-state index in [9.17, 15) is 0 Å². The van der Waals surface area contributed by atoms with Crippen LogP contribution >= 0.6 is 11.6 Å². The maximum Gasteiger partial charge on any atom is 0.135 e. The summed E-state index contributed by atoms with van der Waals surface area (Å²) >= 11 is 5.91. The number of benzene rings is 1. The Morgan fingerprint density at radius 1 is 1.22 bits per heavy atom. The van der Waals surface area contributed by atoms with E-state index >= 15 is 0 Å². The van der Waals surface area contributed by atoms with Crippen LogP contribution in [0.3, 0.4) is 0 Å². The van der Waals surface area contributed by atoms with E-state index < -0.39 is 0 Å². The molecule has 0 saturated carbocycles. The fraction of sp³-hybridized carbons (Fsp3) is 0.0769. The minimum Gasteiger partial charge on any atom is -0.366 e. The summed E-state index contributed by atoms with van der Waals surface area (Å²) in [6, 6.07) is 9.28. The van der Waals surface area contributed by atoms with Crippen molar-refractivity contribution in [1.82, 2.24) is 9.97 Å². The molecule has 0 unspecified atom stereocenters. The summed E-state index contributed by atoms with van der Waals surface area (Å²) in [5.41, 5.74) is 0.885. The summed E-state index contributed by atoms with van der Waals surface area (Å²) < 4.78 is 0. The van der Waals surface area contributed by atoms with Gasteiger partial charge in [-0.3, -0.25) is 0 Å². The second kappa shape index (κ2) is 6.02.